The Bertz CT molecular complexity index is 3180. The van der Waals surface area contributed by atoms with Crippen LogP contribution in [-0.4, -0.2) is 168 Å². The molecule has 0 atom stereocenters. The van der Waals surface area contributed by atoms with Gasteiger partial charge in [-0.25, -0.2) is 51.3 Å². The van der Waals surface area contributed by atoms with Crippen molar-refractivity contribution in [3.05, 3.63) is 141 Å². The second kappa shape index (κ2) is 48.3. The van der Waals surface area contributed by atoms with Gasteiger partial charge < -0.3 is 68.1 Å². The van der Waals surface area contributed by atoms with Crippen molar-refractivity contribution in [3.63, 3.8) is 0 Å². The predicted octanol–water partition coefficient (Wildman–Crippen LogP) is 18.8. The van der Waals surface area contributed by atoms with Crippen LogP contribution in [-0.2, 0) is 28.1 Å². The summed E-state index contributed by atoms with van der Waals surface area (Å²) in [6, 6.07) is 15.8. The van der Waals surface area contributed by atoms with Crippen LogP contribution in [0.2, 0.25) is 18.1 Å². The lowest BCUT2D eigenvalue weighted by Crippen LogP contribution is -2.43. The minimum atomic E-state index is -1.46. The number of aliphatic hydroxyl groups excluding tert-OH is 3. The van der Waals surface area contributed by atoms with E-state index >= 15 is 0 Å². The second-order valence-electron chi connectivity index (χ2n) is 27.7. The Balaban J connectivity index is -0.00000120. The van der Waals surface area contributed by atoms with Gasteiger partial charge in [0.05, 0.1) is 41.9 Å². The molecule has 0 aliphatic heterocycles. The third-order valence-electron chi connectivity index (χ3n) is 11.6. The molecular formula is C73H110Br3F4N3O18Si. The van der Waals surface area contributed by atoms with Crippen LogP contribution in [0.1, 0.15) is 143 Å². The molecular weight excluding hydrogens is 1550 g/mol. The summed E-state index contributed by atoms with van der Waals surface area (Å²) in [7, 11) is -1.46. The van der Waals surface area contributed by atoms with Gasteiger partial charge in [-0.05, 0) is 227 Å². The summed E-state index contributed by atoms with van der Waals surface area (Å²) in [5.41, 5.74) is -2.56. The standard InChI is InChI=1S/C21H30FNO6.C16H22FNO4.C13H23NO4.C8H8BrFO2.C8H19BrOSi.C6H4BrFO.CH4/c1-20(2,3)28-18(25)23(19(26)29-21(4,5)6)11-7-8-15-14-16(22)9-10-17(15)27-13-12-24;1-16(2,3)22-15(20)18-8-4-5-12-11-13(17)6-7-14(12)21-10-9-19;1-8-9-14(10(15)17-12(2,3)4)11(16)18-13(5,6)7;9-7-5-6(10)1-2-8(7)12-4-3-11;1-8(2,3)11(4,5)10-7-6-9;7-5-3-4(8)1-2-6(5)9;/h7-10,14,24H,11-13H2,1-6H3;4-7,11,19H,8-10H2,1-3H3,(H,18,20);8H,1,9H2,2-7H3;1-2,5,11H,3-4H2;6-7H2,1-5H3;1-3,9H;1H4/b8-7+;5-4+;;;;;. The first-order valence-electron chi connectivity index (χ1n) is 31.8. The highest BCUT2D eigenvalue weighted by molar-refractivity contribution is 9.11. The predicted molar refractivity (Wildman–Crippen MR) is 405 cm³/mol. The van der Waals surface area contributed by atoms with Crippen molar-refractivity contribution >= 4 is 98.7 Å². The number of nitrogens with zero attached hydrogens (tertiary/aromatic N) is 2. The van der Waals surface area contributed by atoms with E-state index in [1.165, 1.54) is 91.0 Å². The topological polar surface area (TPSA) is 268 Å². The summed E-state index contributed by atoms with van der Waals surface area (Å²) in [4.78, 5) is 61.7. The van der Waals surface area contributed by atoms with Crippen molar-refractivity contribution in [2.75, 3.05) is 71.2 Å². The number of benzene rings is 4. The summed E-state index contributed by atoms with van der Waals surface area (Å²) >= 11 is 9.45. The van der Waals surface area contributed by atoms with E-state index in [9.17, 15) is 41.5 Å². The number of halogens is 7. The van der Waals surface area contributed by atoms with Gasteiger partial charge in [-0.1, -0.05) is 74.5 Å². The van der Waals surface area contributed by atoms with Crippen LogP contribution in [0.15, 0.2) is 107 Å². The number of phenols is 1. The molecule has 102 heavy (non-hydrogen) atoms. The minimum Gasteiger partial charge on any atom is -0.507 e. The van der Waals surface area contributed by atoms with Crippen LogP contribution in [0.4, 0.5) is 41.5 Å². The second-order valence-corrected chi connectivity index (χ2v) is 35.0. The normalized spacial score (nSPS) is 11.4. The molecule has 0 bridgehead atoms. The first-order chi connectivity index (χ1) is 46.3. The monoisotopic (exact) mass is 1660 g/mol. The van der Waals surface area contributed by atoms with Crippen molar-refractivity contribution in [1.82, 2.24) is 15.1 Å². The molecule has 578 valence electrons. The van der Waals surface area contributed by atoms with Crippen molar-refractivity contribution in [3.8, 4) is 23.0 Å². The lowest BCUT2D eigenvalue weighted by molar-refractivity contribution is 0.00160. The molecule has 0 fully saturated rings. The van der Waals surface area contributed by atoms with Crippen molar-refractivity contribution in [2.45, 2.75) is 178 Å². The molecule has 4 rings (SSSR count). The Hall–Kier alpha value is -6.73. The Morgan fingerprint density at radius 3 is 1.16 bits per heavy atom. The number of hydrogen-bond acceptors (Lipinski definition) is 18. The number of amides is 5. The van der Waals surface area contributed by atoms with Crippen LogP contribution < -0.4 is 19.5 Å². The lowest BCUT2D eigenvalue weighted by Gasteiger charge is -2.35. The van der Waals surface area contributed by atoms with E-state index in [1.807, 2.05) is 0 Å². The highest BCUT2D eigenvalue weighted by Gasteiger charge is 2.37. The minimum absolute atomic E-state index is 0. The van der Waals surface area contributed by atoms with Crippen LogP contribution in [0.5, 0.6) is 23.0 Å². The van der Waals surface area contributed by atoms with E-state index in [0.717, 1.165) is 21.7 Å². The molecule has 0 saturated heterocycles. The summed E-state index contributed by atoms with van der Waals surface area (Å²) in [5.74, 6) is -0.144. The number of carbonyl (C=O) groups is 5. The van der Waals surface area contributed by atoms with Gasteiger partial charge in [0.2, 0.25) is 0 Å². The zero-order chi connectivity index (χ0) is 78.3. The summed E-state index contributed by atoms with van der Waals surface area (Å²) in [5, 5.41) is 38.8. The molecule has 0 saturated carbocycles. The number of alkyl halides is 1. The van der Waals surface area contributed by atoms with Gasteiger partial charge in [-0.15, -0.1) is 6.58 Å². The molecule has 0 aliphatic carbocycles. The van der Waals surface area contributed by atoms with Gasteiger partial charge in [-0.2, -0.15) is 0 Å². The number of phenolic OH excluding ortho intramolecular Hbond substituents is 1. The van der Waals surface area contributed by atoms with Gasteiger partial charge in [-0.3, -0.25) is 0 Å². The number of hydrogen-bond donors (Lipinski definition) is 5. The van der Waals surface area contributed by atoms with E-state index in [0.29, 0.717) is 42.4 Å². The number of alkyl carbamates (subject to hydrolysis) is 1. The molecule has 0 heterocycles. The number of carbonyl (C=O) groups excluding carboxylic acids is 5. The number of aliphatic hydroxyl groups is 3. The quantitative estimate of drug-likeness (QED) is 0.0181. The molecule has 0 aliphatic rings. The van der Waals surface area contributed by atoms with Gasteiger partial charge in [0.1, 0.15) is 94.1 Å². The van der Waals surface area contributed by atoms with Crippen molar-refractivity contribution in [1.29, 1.82) is 0 Å². The fourth-order valence-corrected chi connectivity index (χ4v) is 8.71. The number of rotatable bonds is 20. The van der Waals surface area contributed by atoms with Crippen LogP contribution in [0.25, 0.3) is 12.2 Å². The van der Waals surface area contributed by atoms with Crippen LogP contribution in [0.3, 0.4) is 0 Å². The number of nitrogens with one attached hydrogen (secondary N) is 1. The Morgan fingerprint density at radius 2 is 0.833 bits per heavy atom. The highest BCUT2D eigenvalue weighted by atomic mass is 79.9. The molecule has 4 aromatic rings. The number of ether oxygens (including phenoxy) is 8. The molecule has 0 aromatic heterocycles. The van der Waals surface area contributed by atoms with Crippen LogP contribution >= 0.6 is 47.8 Å². The molecule has 29 heteroatoms. The Labute approximate surface area is 627 Å². The van der Waals surface area contributed by atoms with Crippen molar-refractivity contribution in [2.24, 2.45) is 0 Å². The maximum atomic E-state index is 13.6. The Morgan fingerprint density at radius 1 is 0.500 bits per heavy atom. The first-order valence-corrected chi connectivity index (χ1v) is 37.4. The Kier molecular flexibility index (Phi) is 47.1. The zero-order valence-electron chi connectivity index (χ0n) is 61.8. The SMILES string of the molecule is C.C=CCN(C(=O)OC(C)(C)C)C(=O)OC(C)(C)C.CC(C)(C)OC(=O)N(C/C=C/c1cc(F)ccc1OCCO)C(=O)OC(C)(C)C.CC(C)(C)OC(=O)NC/C=C/c1cc(F)ccc1OCCO.CC(C)(C)[Si](C)(C)OCCBr.OCCOc1ccc(F)cc1Br.Oc1ccc(F)cc1Br. The third kappa shape index (κ3) is 48.3. The molecule has 4 aromatic carbocycles. The van der Waals surface area contributed by atoms with Gasteiger partial charge in [0, 0.05) is 29.6 Å². The number of imide groups is 2. The lowest BCUT2D eigenvalue weighted by atomic mass is 10.1. The maximum Gasteiger partial charge on any atom is 0.420 e. The summed E-state index contributed by atoms with van der Waals surface area (Å²) < 4.78 is 100.0. The van der Waals surface area contributed by atoms with E-state index in [-0.39, 0.29) is 84.1 Å². The van der Waals surface area contributed by atoms with Crippen LogP contribution in [0, 0.1) is 23.3 Å². The maximum absolute atomic E-state index is 13.6. The molecule has 0 radical (unpaired) electrons. The van der Waals surface area contributed by atoms with Crippen molar-refractivity contribution < 1.29 is 104 Å². The molecule has 0 spiro atoms. The van der Waals surface area contributed by atoms with E-state index < -0.39 is 78.4 Å². The molecule has 5 N–H and O–H groups in total. The van der Waals surface area contributed by atoms with Gasteiger partial charge >= 0.3 is 30.5 Å². The number of aromatic hydroxyl groups is 1. The van der Waals surface area contributed by atoms with Gasteiger partial charge in [0.15, 0.2) is 8.32 Å². The fourth-order valence-electron chi connectivity index (χ4n) is 6.38. The average Bonchev–Trinajstić information content (AvgIpc) is 0.876. The largest absolute Gasteiger partial charge is 0.507 e. The first kappa shape index (κ1) is 99.4. The molecule has 0 unspecified atom stereocenters. The smallest absolute Gasteiger partial charge is 0.420 e. The van der Waals surface area contributed by atoms with Gasteiger partial charge in [0.25, 0.3) is 0 Å². The molecule has 21 nitrogen and oxygen atoms in total. The molecule has 5 amide bonds. The fraction of sp³-hybridized carbons (Fsp3) is 0.521. The average molecular weight is 1660 g/mol. The highest BCUT2D eigenvalue weighted by Crippen LogP contribution is 2.36. The zero-order valence-corrected chi connectivity index (χ0v) is 67.6. The van der Waals surface area contributed by atoms with E-state index in [1.54, 1.807) is 116 Å². The summed E-state index contributed by atoms with van der Waals surface area (Å²) in [6.45, 7) is 41.6. The van der Waals surface area contributed by atoms with E-state index in [4.69, 9.17) is 62.7 Å². The third-order valence-corrected chi connectivity index (χ3v) is 17.7. The summed E-state index contributed by atoms with van der Waals surface area (Å²) in [6.07, 6.45) is 4.03. The van der Waals surface area contributed by atoms with E-state index in [2.05, 4.69) is 93.6 Å².